The van der Waals surface area contributed by atoms with E-state index in [2.05, 4.69) is 57.4 Å². The van der Waals surface area contributed by atoms with Gasteiger partial charge in [0, 0.05) is 10.2 Å². The molecule has 0 aliphatic heterocycles. The van der Waals surface area contributed by atoms with Gasteiger partial charge in [0.25, 0.3) is 0 Å². The number of amides is 1. The van der Waals surface area contributed by atoms with Crippen molar-refractivity contribution in [2.45, 2.75) is 37.9 Å². The van der Waals surface area contributed by atoms with Gasteiger partial charge in [0.2, 0.25) is 5.91 Å². The Balaban J connectivity index is 1.53. The normalized spacial score (nSPS) is 11.9. The average Bonchev–Trinajstić information content (AvgIpc) is 3.29. The van der Waals surface area contributed by atoms with Crippen LogP contribution in [0.15, 0.2) is 88.5 Å². The second kappa shape index (κ2) is 11.6. The van der Waals surface area contributed by atoms with Crippen molar-refractivity contribution in [3.63, 3.8) is 0 Å². The number of aromatic nitrogens is 3. The summed E-state index contributed by atoms with van der Waals surface area (Å²) in [5.74, 6) is 1.96. The topological polar surface area (TPSA) is 69.0 Å². The van der Waals surface area contributed by atoms with E-state index in [1.165, 1.54) is 17.3 Å². The van der Waals surface area contributed by atoms with Crippen LogP contribution in [0.3, 0.4) is 0 Å². The highest BCUT2D eigenvalue weighted by atomic mass is 79.9. The first-order valence-corrected chi connectivity index (χ1v) is 13.1. The van der Waals surface area contributed by atoms with Gasteiger partial charge >= 0.3 is 0 Å². The minimum absolute atomic E-state index is 0.124. The van der Waals surface area contributed by atoms with Crippen LogP contribution < -0.4 is 10.1 Å². The van der Waals surface area contributed by atoms with Crippen molar-refractivity contribution in [3.8, 4) is 11.4 Å². The summed E-state index contributed by atoms with van der Waals surface area (Å²) in [4.78, 5) is 12.6. The number of rotatable bonds is 9. The van der Waals surface area contributed by atoms with Gasteiger partial charge in [-0.1, -0.05) is 68.1 Å². The second-order valence-electron chi connectivity index (χ2n) is 8.31. The number of hydrogen-bond acceptors (Lipinski definition) is 5. The largest absolute Gasteiger partial charge is 0.483 e. The van der Waals surface area contributed by atoms with Gasteiger partial charge in [0.05, 0.1) is 11.4 Å². The van der Waals surface area contributed by atoms with Gasteiger partial charge in [-0.05, 0) is 70.7 Å². The molecule has 1 amide bonds. The Labute approximate surface area is 218 Å². The Hall–Kier alpha value is -3.10. The zero-order chi connectivity index (χ0) is 24.8. The molecule has 4 aromatic rings. The number of hydrogen-bond donors (Lipinski definition) is 1. The summed E-state index contributed by atoms with van der Waals surface area (Å²) in [6.07, 6.45) is -0.351. The van der Waals surface area contributed by atoms with Crippen LogP contribution in [-0.4, -0.2) is 26.4 Å². The van der Waals surface area contributed by atoms with Crippen molar-refractivity contribution in [3.05, 3.63) is 94.7 Å². The number of para-hydroxylation sites is 2. The van der Waals surface area contributed by atoms with Gasteiger partial charge in [0.1, 0.15) is 5.75 Å². The van der Waals surface area contributed by atoms with Crippen molar-refractivity contribution in [2.24, 2.45) is 0 Å². The molecule has 0 saturated carbocycles. The van der Waals surface area contributed by atoms with Crippen molar-refractivity contribution >= 4 is 39.3 Å². The summed E-state index contributed by atoms with van der Waals surface area (Å²) in [5.41, 5.74) is 2.90. The number of nitrogens with zero attached hydrogens (tertiary/aromatic N) is 3. The van der Waals surface area contributed by atoms with Crippen LogP contribution in [0.4, 0.5) is 5.69 Å². The number of halogens is 1. The maximum Gasteiger partial charge on any atom is 0.234 e. The fourth-order valence-electron chi connectivity index (χ4n) is 3.52. The quantitative estimate of drug-likeness (QED) is 0.226. The van der Waals surface area contributed by atoms with Crippen LogP contribution in [0, 0.1) is 0 Å². The molecule has 1 heterocycles. The first kappa shape index (κ1) is 25.0. The maximum absolute atomic E-state index is 12.6. The maximum atomic E-state index is 12.6. The third-order valence-corrected chi connectivity index (χ3v) is 7.00. The lowest BCUT2D eigenvalue weighted by atomic mass is 10.0. The molecule has 35 heavy (non-hydrogen) atoms. The van der Waals surface area contributed by atoms with E-state index in [1.54, 1.807) is 0 Å². The third-order valence-electron chi connectivity index (χ3n) is 5.38. The summed E-state index contributed by atoms with van der Waals surface area (Å²) in [6, 6.07) is 25.5. The zero-order valence-electron chi connectivity index (χ0n) is 19.8. The molecule has 6 nitrogen and oxygen atoms in total. The number of anilines is 1. The van der Waals surface area contributed by atoms with E-state index < -0.39 is 0 Å². The first-order valence-electron chi connectivity index (χ1n) is 11.4. The summed E-state index contributed by atoms with van der Waals surface area (Å²) >= 11 is 4.79. The van der Waals surface area contributed by atoms with Gasteiger partial charge in [-0.25, -0.2) is 0 Å². The Morgan fingerprint density at radius 3 is 2.34 bits per heavy atom. The van der Waals surface area contributed by atoms with Crippen LogP contribution in [0.1, 0.15) is 44.2 Å². The molecule has 3 aromatic carbocycles. The lowest BCUT2D eigenvalue weighted by molar-refractivity contribution is -0.113. The Morgan fingerprint density at radius 1 is 0.971 bits per heavy atom. The summed E-state index contributed by atoms with van der Waals surface area (Å²) < 4.78 is 8.99. The monoisotopic (exact) mass is 550 g/mol. The number of carbonyl (C=O) groups is 1. The fraction of sp³-hybridized carbons (Fsp3) is 0.222. The molecule has 0 bridgehead atoms. The van der Waals surface area contributed by atoms with Crippen molar-refractivity contribution in [1.82, 2.24) is 14.8 Å². The molecule has 0 fully saturated rings. The lowest BCUT2D eigenvalue weighted by Crippen LogP contribution is -2.15. The SMILES string of the molecule is CC(C)c1ccc(OC(C)c2nnc(SCC(=O)Nc3ccccc3Br)n2-c2ccccc2)cc1. The molecule has 8 heteroatoms. The van der Waals surface area contributed by atoms with E-state index in [0.717, 1.165) is 21.6 Å². The minimum atomic E-state index is -0.351. The predicted molar refractivity (Wildman–Crippen MR) is 144 cm³/mol. The number of ether oxygens (including phenoxy) is 1. The zero-order valence-corrected chi connectivity index (χ0v) is 22.2. The van der Waals surface area contributed by atoms with Gasteiger partial charge in [-0.2, -0.15) is 0 Å². The van der Waals surface area contributed by atoms with Crippen molar-refractivity contribution in [2.75, 3.05) is 11.1 Å². The Bertz CT molecular complexity index is 1280. The molecule has 1 N–H and O–H groups in total. The van der Waals surface area contributed by atoms with Crippen molar-refractivity contribution in [1.29, 1.82) is 0 Å². The molecule has 0 spiro atoms. The van der Waals surface area contributed by atoms with Crippen LogP contribution in [0.25, 0.3) is 5.69 Å². The van der Waals surface area contributed by atoms with E-state index in [1.807, 2.05) is 78.2 Å². The van der Waals surface area contributed by atoms with Gasteiger partial charge in [-0.15, -0.1) is 10.2 Å². The highest BCUT2D eigenvalue weighted by Crippen LogP contribution is 2.29. The summed E-state index contributed by atoms with van der Waals surface area (Å²) in [5, 5.41) is 12.4. The molecule has 1 atom stereocenters. The molecule has 0 aliphatic carbocycles. The van der Waals surface area contributed by atoms with Crippen LogP contribution in [0.5, 0.6) is 5.75 Å². The average molecular weight is 552 g/mol. The van der Waals surface area contributed by atoms with E-state index >= 15 is 0 Å². The minimum Gasteiger partial charge on any atom is -0.483 e. The van der Waals surface area contributed by atoms with Crippen molar-refractivity contribution < 1.29 is 9.53 Å². The molecule has 180 valence electrons. The Kier molecular flexibility index (Phi) is 8.25. The lowest BCUT2D eigenvalue weighted by Gasteiger charge is -2.17. The number of thioether (sulfide) groups is 1. The van der Waals surface area contributed by atoms with E-state index in [4.69, 9.17) is 4.74 Å². The molecule has 4 rings (SSSR count). The fourth-order valence-corrected chi connectivity index (χ4v) is 4.67. The van der Waals surface area contributed by atoms with Crippen LogP contribution >= 0.6 is 27.7 Å². The molecule has 0 aliphatic rings. The van der Waals surface area contributed by atoms with Crippen LogP contribution in [0.2, 0.25) is 0 Å². The van der Waals surface area contributed by atoms with E-state index in [9.17, 15) is 4.79 Å². The smallest absolute Gasteiger partial charge is 0.234 e. The number of nitrogens with one attached hydrogen (secondary N) is 1. The Morgan fingerprint density at radius 2 is 1.66 bits per heavy atom. The summed E-state index contributed by atoms with van der Waals surface area (Å²) in [6.45, 7) is 6.28. The van der Waals surface area contributed by atoms with Gasteiger partial charge in [-0.3, -0.25) is 9.36 Å². The molecule has 0 saturated heterocycles. The number of benzene rings is 3. The standard InChI is InChI=1S/C27H27BrN4O2S/c1-18(2)20-13-15-22(16-14-20)34-19(3)26-30-31-27(32(26)21-9-5-4-6-10-21)35-17-25(33)29-24-12-8-7-11-23(24)28/h4-16,18-19H,17H2,1-3H3,(H,29,33). The highest BCUT2D eigenvalue weighted by molar-refractivity contribution is 9.10. The molecular weight excluding hydrogens is 524 g/mol. The molecule has 1 aromatic heterocycles. The molecular formula is C27H27BrN4O2S. The molecule has 0 radical (unpaired) electrons. The third kappa shape index (κ3) is 6.32. The van der Waals surface area contributed by atoms with Gasteiger partial charge < -0.3 is 10.1 Å². The van der Waals surface area contributed by atoms with E-state index in [0.29, 0.717) is 16.9 Å². The van der Waals surface area contributed by atoms with E-state index in [-0.39, 0.29) is 17.8 Å². The molecule has 1 unspecified atom stereocenters. The highest BCUT2D eigenvalue weighted by Gasteiger charge is 2.22. The van der Waals surface area contributed by atoms with Gasteiger partial charge in [0.15, 0.2) is 17.1 Å². The first-order chi connectivity index (χ1) is 16.9. The predicted octanol–water partition coefficient (Wildman–Crippen LogP) is 7.02. The second-order valence-corrected chi connectivity index (χ2v) is 10.1. The van der Waals surface area contributed by atoms with Crippen LogP contribution in [-0.2, 0) is 4.79 Å². The number of carbonyl (C=O) groups excluding carboxylic acids is 1. The summed E-state index contributed by atoms with van der Waals surface area (Å²) in [7, 11) is 0.